The van der Waals surface area contributed by atoms with Crippen molar-refractivity contribution in [1.82, 2.24) is 0 Å². The van der Waals surface area contributed by atoms with E-state index < -0.39 is 0 Å². The number of carbonyl (C=O) groups is 1. The summed E-state index contributed by atoms with van der Waals surface area (Å²) >= 11 is 0. The number of aryl methyl sites for hydroxylation is 1. The second kappa shape index (κ2) is 21.9. The first kappa shape index (κ1) is 22.8. The first-order valence-corrected chi connectivity index (χ1v) is 7.10. The van der Waals surface area contributed by atoms with Gasteiger partial charge in [-0.3, -0.25) is 4.79 Å². The molecule has 0 aromatic heterocycles. The Morgan fingerprint density at radius 2 is 1.53 bits per heavy atom. The van der Waals surface area contributed by atoms with E-state index in [0.717, 1.165) is 24.9 Å². The summed E-state index contributed by atoms with van der Waals surface area (Å²) in [6.45, 7) is 10.3. The van der Waals surface area contributed by atoms with Crippen LogP contribution in [0.25, 0.3) is 0 Å². The zero-order chi connectivity index (χ0) is 15.5. The molecule has 0 atom stereocenters. The van der Waals surface area contributed by atoms with Gasteiger partial charge >= 0.3 is 0 Å². The van der Waals surface area contributed by atoms with Gasteiger partial charge in [0.05, 0.1) is 0 Å². The second-order valence-electron chi connectivity index (χ2n) is 2.87. The van der Waals surface area contributed by atoms with Crippen LogP contribution in [-0.4, -0.2) is 19.9 Å². The lowest BCUT2D eigenvalue weighted by Gasteiger charge is -2.02. The van der Waals surface area contributed by atoms with Gasteiger partial charge in [-0.15, -0.1) is 0 Å². The molecule has 0 aliphatic heterocycles. The van der Waals surface area contributed by atoms with Crippen molar-refractivity contribution in [3.05, 3.63) is 29.8 Å². The molecule has 0 amide bonds. The quantitative estimate of drug-likeness (QED) is 0.826. The van der Waals surface area contributed by atoms with Gasteiger partial charge in [-0.1, -0.05) is 53.2 Å². The highest BCUT2D eigenvalue weighted by Gasteiger charge is 1.93. The minimum atomic E-state index is 0.132. The fourth-order valence-electron chi connectivity index (χ4n) is 1.17. The zero-order valence-electron chi connectivity index (χ0n) is 13.4. The van der Waals surface area contributed by atoms with Crippen LogP contribution in [0, 0.1) is 0 Å². The smallest absolute Gasteiger partial charge is 0.157 e. The Morgan fingerprint density at radius 3 is 1.89 bits per heavy atom. The van der Waals surface area contributed by atoms with Gasteiger partial charge in [0.1, 0.15) is 12.4 Å². The van der Waals surface area contributed by atoms with Crippen LogP contribution in [0.4, 0.5) is 0 Å². The van der Waals surface area contributed by atoms with Gasteiger partial charge in [-0.05, 0) is 31.2 Å². The molecule has 0 unspecified atom stereocenters. The van der Waals surface area contributed by atoms with Crippen LogP contribution in [0.1, 0.15) is 46.6 Å². The van der Waals surface area contributed by atoms with Gasteiger partial charge in [0.25, 0.3) is 0 Å². The third-order valence-corrected chi connectivity index (χ3v) is 1.78. The number of benzene rings is 1. The zero-order valence-corrected chi connectivity index (χ0v) is 13.4. The summed E-state index contributed by atoms with van der Waals surface area (Å²) in [6, 6.07) is 7.86. The van der Waals surface area contributed by atoms with Crippen molar-refractivity contribution in [2.24, 2.45) is 5.73 Å². The van der Waals surface area contributed by atoms with Gasteiger partial charge in [-0.25, -0.2) is 0 Å². The van der Waals surface area contributed by atoms with Crippen molar-refractivity contribution in [1.29, 1.82) is 0 Å². The summed E-state index contributed by atoms with van der Waals surface area (Å²) in [6.07, 6.45) is 2.99. The first-order chi connectivity index (χ1) is 9.36. The molecule has 2 N–H and O–H groups in total. The number of hydrogen-bond donors (Lipinski definition) is 1. The number of carbonyl (C=O) groups excluding carboxylic acids is 1. The average Bonchev–Trinajstić information content (AvgIpc) is 2.53. The summed E-state index contributed by atoms with van der Waals surface area (Å²) in [5, 5.41) is 0. The van der Waals surface area contributed by atoms with Crippen LogP contribution >= 0.6 is 0 Å². The van der Waals surface area contributed by atoms with Crippen LogP contribution in [0.3, 0.4) is 0 Å². The normalized spacial score (nSPS) is 7.53. The van der Waals surface area contributed by atoms with Crippen LogP contribution in [0.5, 0.6) is 5.75 Å². The molecule has 0 saturated heterocycles. The Balaban J connectivity index is -0.000000375. The fourth-order valence-corrected chi connectivity index (χ4v) is 1.17. The maximum atomic E-state index is 10.0. The van der Waals surface area contributed by atoms with E-state index in [1.165, 1.54) is 12.6 Å². The number of ether oxygens (including phenoxy) is 1. The van der Waals surface area contributed by atoms with E-state index in [1.807, 2.05) is 52.0 Å². The van der Waals surface area contributed by atoms with E-state index in [9.17, 15) is 4.79 Å². The van der Waals surface area contributed by atoms with E-state index in [1.54, 1.807) is 0 Å². The molecule has 19 heavy (non-hydrogen) atoms. The molecule has 0 aliphatic carbocycles. The van der Waals surface area contributed by atoms with E-state index >= 15 is 0 Å². The minimum absolute atomic E-state index is 0.132. The molecule has 1 aromatic carbocycles. The standard InChI is InChI=1S/C11H14O2.2C2H6.CH5N/c1-2-3-10-4-6-11(7-5-10)13-9-8-12;3*1-2/h4-8H,2-3,9H2,1H3;2*1-2H3;2H2,1H3. The van der Waals surface area contributed by atoms with E-state index in [-0.39, 0.29) is 6.61 Å². The second-order valence-corrected chi connectivity index (χ2v) is 2.87. The molecule has 112 valence electrons. The number of hydrogen-bond acceptors (Lipinski definition) is 3. The topological polar surface area (TPSA) is 52.3 Å². The molecule has 3 heteroatoms. The van der Waals surface area contributed by atoms with Crippen molar-refractivity contribution in [2.45, 2.75) is 47.5 Å². The molecule has 0 aliphatic rings. The number of rotatable bonds is 5. The van der Waals surface area contributed by atoms with Gasteiger partial charge in [-0.2, -0.15) is 0 Å². The van der Waals surface area contributed by atoms with Gasteiger partial charge in [0, 0.05) is 0 Å². The van der Waals surface area contributed by atoms with Crippen molar-refractivity contribution in [2.75, 3.05) is 13.7 Å². The molecule has 0 radical (unpaired) electrons. The molecule has 0 fully saturated rings. The van der Waals surface area contributed by atoms with Crippen molar-refractivity contribution < 1.29 is 9.53 Å². The summed E-state index contributed by atoms with van der Waals surface area (Å²) in [5.74, 6) is 0.756. The molecule has 1 rings (SSSR count). The molecule has 0 heterocycles. The highest BCUT2D eigenvalue weighted by molar-refractivity contribution is 5.51. The third-order valence-electron chi connectivity index (χ3n) is 1.78. The molecular formula is C16H31NO2. The van der Waals surface area contributed by atoms with Crippen molar-refractivity contribution in [3.63, 3.8) is 0 Å². The van der Waals surface area contributed by atoms with E-state index in [4.69, 9.17) is 4.74 Å². The summed E-state index contributed by atoms with van der Waals surface area (Å²) in [4.78, 5) is 10.0. The maximum absolute atomic E-state index is 10.0. The Morgan fingerprint density at radius 1 is 1.05 bits per heavy atom. The molecule has 0 spiro atoms. The van der Waals surface area contributed by atoms with Crippen LogP contribution in [0.2, 0.25) is 0 Å². The summed E-state index contributed by atoms with van der Waals surface area (Å²) < 4.78 is 5.12. The molecule has 0 bridgehead atoms. The lowest BCUT2D eigenvalue weighted by molar-refractivity contribution is -0.109. The maximum Gasteiger partial charge on any atom is 0.157 e. The largest absolute Gasteiger partial charge is 0.486 e. The van der Waals surface area contributed by atoms with Crippen molar-refractivity contribution in [3.8, 4) is 5.75 Å². The molecule has 1 aromatic rings. The van der Waals surface area contributed by atoms with E-state index in [0.29, 0.717) is 0 Å². The number of nitrogens with two attached hydrogens (primary N) is 1. The summed E-state index contributed by atoms with van der Waals surface area (Å²) in [5.41, 5.74) is 5.81. The van der Waals surface area contributed by atoms with Crippen LogP contribution < -0.4 is 10.5 Å². The van der Waals surface area contributed by atoms with Gasteiger partial charge in [0.15, 0.2) is 6.29 Å². The van der Waals surface area contributed by atoms with E-state index in [2.05, 4.69) is 12.7 Å². The van der Waals surface area contributed by atoms with Gasteiger partial charge in [0.2, 0.25) is 0 Å². The first-order valence-electron chi connectivity index (χ1n) is 7.10. The van der Waals surface area contributed by atoms with Crippen molar-refractivity contribution >= 4 is 6.29 Å². The SMILES string of the molecule is CC.CC.CCCc1ccc(OCC=O)cc1.CN. The molecular weight excluding hydrogens is 238 g/mol. The Hall–Kier alpha value is -1.35. The third kappa shape index (κ3) is 14.6. The highest BCUT2D eigenvalue weighted by Crippen LogP contribution is 2.12. The lowest BCUT2D eigenvalue weighted by atomic mass is 10.1. The van der Waals surface area contributed by atoms with Crippen LogP contribution in [-0.2, 0) is 11.2 Å². The van der Waals surface area contributed by atoms with Crippen LogP contribution in [0.15, 0.2) is 24.3 Å². The monoisotopic (exact) mass is 269 g/mol. The Labute approximate surface area is 119 Å². The van der Waals surface area contributed by atoms with Gasteiger partial charge < -0.3 is 10.5 Å². The number of aldehydes is 1. The fraction of sp³-hybridized carbons (Fsp3) is 0.562. The predicted octanol–water partition coefficient (Wildman–Crippen LogP) is 3.84. The molecule has 3 nitrogen and oxygen atoms in total. The lowest BCUT2D eigenvalue weighted by Crippen LogP contribution is -1.97. The minimum Gasteiger partial charge on any atom is -0.486 e. The predicted molar refractivity (Wildman–Crippen MR) is 84.8 cm³/mol. The Bertz CT molecular complexity index is 258. The molecule has 0 saturated carbocycles. The Kier molecular flexibility index (Phi) is 26.3. The highest BCUT2D eigenvalue weighted by atomic mass is 16.5. The average molecular weight is 269 g/mol. The summed E-state index contributed by atoms with van der Waals surface area (Å²) in [7, 11) is 1.50.